The van der Waals surface area contributed by atoms with Gasteiger partial charge in [0, 0.05) is 0 Å². The smallest absolute Gasteiger partial charge is 0.115 e. The van der Waals surface area contributed by atoms with E-state index in [1.54, 1.807) is 0 Å². The fraction of sp³-hybridized carbons (Fsp3) is 0.455. The third-order valence-corrected chi connectivity index (χ3v) is 1.97. The van der Waals surface area contributed by atoms with Crippen LogP contribution in [-0.2, 0) is 12.1 Å². The molecule has 1 aromatic rings. The molecule has 0 saturated heterocycles. The molecule has 1 aromatic carbocycles. The summed E-state index contributed by atoms with van der Waals surface area (Å²) in [5.74, 6) is 0. The second-order valence-electron chi connectivity index (χ2n) is 4.08. The SMILES string of the molecule is CC(C)(C)c1ccc(CF)cc1. The van der Waals surface area contributed by atoms with E-state index in [0.717, 1.165) is 5.56 Å². The summed E-state index contributed by atoms with van der Waals surface area (Å²) in [6.45, 7) is 6.08. The maximum Gasteiger partial charge on any atom is 0.115 e. The largest absolute Gasteiger partial charge is 0.246 e. The van der Waals surface area contributed by atoms with E-state index in [-0.39, 0.29) is 12.1 Å². The summed E-state index contributed by atoms with van der Waals surface area (Å²) < 4.78 is 12.2. The molecular formula is C11H15F. The zero-order valence-corrected chi connectivity index (χ0v) is 7.89. The molecular weight excluding hydrogens is 151 g/mol. The van der Waals surface area contributed by atoms with Gasteiger partial charge in [0.15, 0.2) is 0 Å². The molecule has 0 fully saturated rings. The minimum Gasteiger partial charge on any atom is -0.246 e. The summed E-state index contributed by atoms with van der Waals surface area (Å²) in [7, 11) is 0. The molecule has 0 aliphatic heterocycles. The van der Waals surface area contributed by atoms with E-state index >= 15 is 0 Å². The number of rotatable bonds is 1. The highest BCUT2D eigenvalue weighted by molar-refractivity contribution is 5.26. The topological polar surface area (TPSA) is 0 Å². The Morgan fingerprint density at radius 3 is 1.92 bits per heavy atom. The molecule has 0 saturated carbocycles. The Labute approximate surface area is 73.4 Å². The molecule has 0 atom stereocenters. The van der Waals surface area contributed by atoms with Gasteiger partial charge in [0.25, 0.3) is 0 Å². The number of hydrogen-bond acceptors (Lipinski definition) is 0. The third-order valence-electron chi connectivity index (χ3n) is 1.97. The number of alkyl halides is 1. The first-order chi connectivity index (χ1) is 5.54. The van der Waals surface area contributed by atoms with Crippen molar-refractivity contribution in [3.63, 3.8) is 0 Å². The van der Waals surface area contributed by atoms with Gasteiger partial charge in [-0.2, -0.15) is 0 Å². The van der Waals surface area contributed by atoms with Gasteiger partial charge < -0.3 is 0 Å². The van der Waals surface area contributed by atoms with E-state index in [2.05, 4.69) is 20.8 Å². The van der Waals surface area contributed by atoms with Gasteiger partial charge in [0.1, 0.15) is 6.67 Å². The van der Waals surface area contributed by atoms with Gasteiger partial charge in [0.2, 0.25) is 0 Å². The van der Waals surface area contributed by atoms with Gasteiger partial charge in [-0.3, -0.25) is 0 Å². The summed E-state index contributed by atoms with van der Waals surface area (Å²) in [5, 5.41) is 0. The fourth-order valence-corrected chi connectivity index (χ4v) is 1.09. The van der Waals surface area contributed by atoms with Crippen molar-refractivity contribution in [2.75, 3.05) is 0 Å². The lowest BCUT2D eigenvalue weighted by atomic mass is 9.87. The molecule has 0 aliphatic rings. The summed E-state index contributed by atoms with van der Waals surface area (Å²) in [6, 6.07) is 7.69. The monoisotopic (exact) mass is 166 g/mol. The minimum absolute atomic E-state index is 0.162. The summed E-state index contributed by atoms with van der Waals surface area (Å²) in [5.41, 5.74) is 2.16. The van der Waals surface area contributed by atoms with E-state index in [9.17, 15) is 4.39 Å². The molecule has 0 nitrogen and oxygen atoms in total. The van der Waals surface area contributed by atoms with E-state index in [4.69, 9.17) is 0 Å². The Hall–Kier alpha value is -0.850. The van der Waals surface area contributed by atoms with Crippen molar-refractivity contribution in [3.8, 4) is 0 Å². The standard InChI is InChI=1S/C11H15F/c1-11(2,3)10-6-4-9(8-12)5-7-10/h4-7H,8H2,1-3H3. The normalized spacial score (nSPS) is 11.7. The molecule has 0 radical (unpaired) electrons. The molecule has 66 valence electrons. The Morgan fingerprint density at radius 2 is 1.58 bits per heavy atom. The lowest BCUT2D eigenvalue weighted by molar-refractivity contribution is 0.484. The Morgan fingerprint density at radius 1 is 1.08 bits per heavy atom. The number of halogens is 1. The zero-order valence-electron chi connectivity index (χ0n) is 7.89. The molecule has 0 bridgehead atoms. The molecule has 0 aliphatic carbocycles. The Kier molecular flexibility index (Phi) is 2.51. The van der Waals surface area contributed by atoms with Crippen LogP contribution in [0.1, 0.15) is 31.9 Å². The minimum atomic E-state index is -0.371. The van der Waals surface area contributed by atoms with Crippen molar-refractivity contribution in [2.45, 2.75) is 32.9 Å². The lowest BCUT2D eigenvalue weighted by Gasteiger charge is -2.18. The zero-order chi connectivity index (χ0) is 9.19. The Balaban J connectivity index is 2.93. The molecule has 0 aromatic heterocycles. The van der Waals surface area contributed by atoms with Crippen molar-refractivity contribution in [3.05, 3.63) is 35.4 Å². The highest BCUT2D eigenvalue weighted by Crippen LogP contribution is 2.22. The third kappa shape index (κ3) is 2.07. The van der Waals surface area contributed by atoms with Crippen LogP contribution in [0.5, 0.6) is 0 Å². The van der Waals surface area contributed by atoms with E-state index in [1.165, 1.54) is 5.56 Å². The first kappa shape index (κ1) is 9.24. The van der Waals surface area contributed by atoms with Crippen molar-refractivity contribution >= 4 is 0 Å². The second kappa shape index (κ2) is 3.26. The van der Waals surface area contributed by atoms with Crippen molar-refractivity contribution in [1.82, 2.24) is 0 Å². The highest BCUT2D eigenvalue weighted by Gasteiger charge is 2.12. The highest BCUT2D eigenvalue weighted by atomic mass is 19.1. The van der Waals surface area contributed by atoms with E-state index < -0.39 is 0 Å². The van der Waals surface area contributed by atoms with Crippen LogP contribution in [0, 0.1) is 0 Å². The van der Waals surface area contributed by atoms with Gasteiger partial charge in [-0.15, -0.1) is 0 Å². The molecule has 1 heteroatoms. The average molecular weight is 166 g/mol. The fourth-order valence-electron chi connectivity index (χ4n) is 1.09. The molecule has 12 heavy (non-hydrogen) atoms. The van der Waals surface area contributed by atoms with Crippen molar-refractivity contribution in [2.24, 2.45) is 0 Å². The number of hydrogen-bond donors (Lipinski definition) is 0. The molecule has 0 N–H and O–H groups in total. The van der Waals surface area contributed by atoms with Crippen molar-refractivity contribution < 1.29 is 4.39 Å². The van der Waals surface area contributed by atoms with Gasteiger partial charge in [-0.05, 0) is 16.5 Å². The maximum absolute atomic E-state index is 12.2. The van der Waals surface area contributed by atoms with Gasteiger partial charge in [0.05, 0.1) is 0 Å². The van der Waals surface area contributed by atoms with Gasteiger partial charge >= 0.3 is 0 Å². The van der Waals surface area contributed by atoms with Crippen LogP contribution in [0.25, 0.3) is 0 Å². The van der Waals surface area contributed by atoms with Crippen LogP contribution in [0.15, 0.2) is 24.3 Å². The lowest BCUT2D eigenvalue weighted by Crippen LogP contribution is -2.10. The Bertz CT molecular complexity index is 241. The van der Waals surface area contributed by atoms with Crippen LogP contribution in [-0.4, -0.2) is 0 Å². The van der Waals surface area contributed by atoms with E-state index in [0.29, 0.717) is 0 Å². The average Bonchev–Trinajstić information content (AvgIpc) is 2.03. The summed E-state index contributed by atoms with van der Waals surface area (Å²) in [6.07, 6.45) is 0. The predicted octanol–water partition coefficient (Wildman–Crippen LogP) is 3.45. The second-order valence-corrected chi connectivity index (χ2v) is 4.08. The van der Waals surface area contributed by atoms with Gasteiger partial charge in [-0.25, -0.2) is 4.39 Å². The number of benzene rings is 1. The predicted molar refractivity (Wildman–Crippen MR) is 50.0 cm³/mol. The van der Waals surface area contributed by atoms with Crippen LogP contribution in [0.2, 0.25) is 0 Å². The van der Waals surface area contributed by atoms with Crippen LogP contribution in [0.3, 0.4) is 0 Å². The maximum atomic E-state index is 12.2. The van der Waals surface area contributed by atoms with Crippen LogP contribution in [0.4, 0.5) is 4.39 Å². The first-order valence-corrected chi connectivity index (χ1v) is 4.19. The molecule has 1 rings (SSSR count). The first-order valence-electron chi connectivity index (χ1n) is 4.19. The molecule has 0 spiro atoms. The van der Waals surface area contributed by atoms with Crippen LogP contribution >= 0.6 is 0 Å². The van der Waals surface area contributed by atoms with Gasteiger partial charge in [-0.1, -0.05) is 45.0 Å². The van der Waals surface area contributed by atoms with Crippen LogP contribution < -0.4 is 0 Å². The molecule has 0 unspecified atom stereocenters. The summed E-state index contributed by atoms with van der Waals surface area (Å²) in [4.78, 5) is 0. The molecule has 0 amide bonds. The quantitative estimate of drug-likeness (QED) is 0.599. The van der Waals surface area contributed by atoms with E-state index in [1.807, 2.05) is 24.3 Å². The molecule has 0 heterocycles. The summed E-state index contributed by atoms with van der Waals surface area (Å²) >= 11 is 0. The van der Waals surface area contributed by atoms with Crippen molar-refractivity contribution in [1.29, 1.82) is 0 Å².